The fourth-order valence-corrected chi connectivity index (χ4v) is 1.61. The fourth-order valence-electron chi connectivity index (χ4n) is 1.61. The molecule has 0 unspecified atom stereocenters. The Morgan fingerprint density at radius 3 is 2.44 bits per heavy atom. The second-order valence-corrected chi connectivity index (χ2v) is 3.70. The zero-order valence-corrected chi connectivity index (χ0v) is 10.3. The zero-order chi connectivity index (χ0) is 13.0. The quantitative estimate of drug-likeness (QED) is 0.865. The highest BCUT2D eigenvalue weighted by Crippen LogP contribution is 2.31. The van der Waals surface area contributed by atoms with Gasteiger partial charge in [-0.1, -0.05) is 0 Å². The number of rotatable bonds is 4. The van der Waals surface area contributed by atoms with Crippen molar-refractivity contribution >= 4 is 17.1 Å². The van der Waals surface area contributed by atoms with E-state index in [0.717, 1.165) is 11.4 Å². The molecule has 0 aliphatic carbocycles. The number of nitrogen functional groups attached to an aromatic ring is 1. The van der Waals surface area contributed by atoms with Gasteiger partial charge in [0.2, 0.25) is 0 Å². The molecule has 0 bridgehead atoms. The van der Waals surface area contributed by atoms with Crippen LogP contribution in [0.3, 0.4) is 0 Å². The molecule has 2 rings (SSSR count). The second kappa shape index (κ2) is 5.27. The van der Waals surface area contributed by atoms with Crippen LogP contribution in [0.1, 0.15) is 0 Å². The van der Waals surface area contributed by atoms with Gasteiger partial charge in [-0.3, -0.25) is 4.98 Å². The van der Waals surface area contributed by atoms with E-state index in [1.54, 1.807) is 26.6 Å². The van der Waals surface area contributed by atoms with E-state index in [2.05, 4.69) is 10.3 Å². The highest BCUT2D eigenvalue weighted by molar-refractivity contribution is 5.65. The second-order valence-electron chi connectivity index (χ2n) is 3.70. The summed E-state index contributed by atoms with van der Waals surface area (Å²) in [5.41, 5.74) is 7.97. The van der Waals surface area contributed by atoms with Gasteiger partial charge < -0.3 is 20.5 Å². The predicted molar refractivity (Wildman–Crippen MR) is 71.5 cm³/mol. The Labute approximate surface area is 106 Å². The molecule has 94 valence electrons. The van der Waals surface area contributed by atoms with E-state index in [9.17, 15) is 0 Å². The molecule has 0 atom stereocenters. The Morgan fingerprint density at radius 1 is 1.00 bits per heavy atom. The van der Waals surface area contributed by atoms with E-state index in [1.165, 1.54) is 0 Å². The van der Waals surface area contributed by atoms with E-state index in [-0.39, 0.29) is 0 Å². The molecule has 0 spiro atoms. The first-order chi connectivity index (χ1) is 8.72. The molecule has 2 aromatic rings. The number of aromatic nitrogens is 1. The van der Waals surface area contributed by atoms with Gasteiger partial charge in [0.1, 0.15) is 0 Å². The number of hydrogen-bond acceptors (Lipinski definition) is 5. The maximum atomic E-state index is 5.67. The van der Waals surface area contributed by atoms with Crippen molar-refractivity contribution in [2.24, 2.45) is 0 Å². The van der Waals surface area contributed by atoms with Crippen molar-refractivity contribution in [3.63, 3.8) is 0 Å². The lowest BCUT2D eigenvalue weighted by Crippen LogP contribution is -1.95. The average molecular weight is 245 g/mol. The number of hydrogen-bond donors (Lipinski definition) is 2. The van der Waals surface area contributed by atoms with Crippen molar-refractivity contribution in [3.8, 4) is 11.5 Å². The molecule has 0 aliphatic rings. The molecule has 0 amide bonds. The van der Waals surface area contributed by atoms with Crippen LogP contribution in [0.4, 0.5) is 17.1 Å². The van der Waals surface area contributed by atoms with E-state index >= 15 is 0 Å². The molecule has 5 nitrogen and oxygen atoms in total. The molecule has 3 N–H and O–H groups in total. The Bertz CT molecular complexity index is 544. The summed E-state index contributed by atoms with van der Waals surface area (Å²) in [6, 6.07) is 7.39. The molecule has 0 radical (unpaired) electrons. The van der Waals surface area contributed by atoms with E-state index in [0.29, 0.717) is 17.2 Å². The zero-order valence-electron chi connectivity index (χ0n) is 10.3. The average Bonchev–Trinajstić information content (AvgIpc) is 2.38. The van der Waals surface area contributed by atoms with Crippen molar-refractivity contribution < 1.29 is 9.47 Å². The normalized spacial score (nSPS) is 9.89. The number of benzene rings is 1. The molecule has 0 saturated heterocycles. The van der Waals surface area contributed by atoms with Gasteiger partial charge in [-0.25, -0.2) is 0 Å². The van der Waals surface area contributed by atoms with Gasteiger partial charge in [0.05, 0.1) is 31.8 Å². The SMILES string of the molecule is COc1ccc(Nc2cncc(N)c2)cc1OC. The summed E-state index contributed by atoms with van der Waals surface area (Å²) in [6.45, 7) is 0. The van der Waals surface area contributed by atoms with Gasteiger partial charge in [0.15, 0.2) is 11.5 Å². The van der Waals surface area contributed by atoms with Crippen LogP contribution < -0.4 is 20.5 Å². The highest BCUT2D eigenvalue weighted by Gasteiger charge is 2.04. The predicted octanol–water partition coefficient (Wildman–Crippen LogP) is 2.42. The molecule has 0 aliphatic heterocycles. The molecule has 0 saturated carbocycles. The number of nitrogens with zero attached hydrogens (tertiary/aromatic N) is 1. The van der Waals surface area contributed by atoms with Gasteiger partial charge in [0.25, 0.3) is 0 Å². The molecule has 1 aromatic carbocycles. The minimum atomic E-state index is 0.612. The largest absolute Gasteiger partial charge is 0.493 e. The van der Waals surface area contributed by atoms with Crippen LogP contribution in [0.2, 0.25) is 0 Å². The summed E-state index contributed by atoms with van der Waals surface area (Å²) in [6.07, 6.45) is 3.30. The molecular weight excluding hydrogens is 230 g/mol. The Hall–Kier alpha value is -2.43. The summed E-state index contributed by atoms with van der Waals surface area (Å²) in [5.74, 6) is 1.35. The van der Waals surface area contributed by atoms with Crippen molar-refractivity contribution in [2.75, 3.05) is 25.3 Å². The molecule has 1 heterocycles. The topological polar surface area (TPSA) is 69.4 Å². The van der Waals surface area contributed by atoms with Crippen LogP contribution in [0.15, 0.2) is 36.7 Å². The maximum absolute atomic E-state index is 5.67. The summed E-state index contributed by atoms with van der Waals surface area (Å²) in [5, 5.41) is 3.19. The van der Waals surface area contributed by atoms with E-state index < -0.39 is 0 Å². The number of anilines is 3. The first-order valence-corrected chi connectivity index (χ1v) is 5.42. The number of nitrogens with two attached hydrogens (primary N) is 1. The lowest BCUT2D eigenvalue weighted by molar-refractivity contribution is 0.355. The number of nitrogens with one attached hydrogen (secondary N) is 1. The third kappa shape index (κ3) is 2.63. The van der Waals surface area contributed by atoms with Gasteiger partial charge >= 0.3 is 0 Å². The molecule has 1 aromatic heterocycles. The first kappa shape index (κ1) is 12.0. The summed E-state index contributed by atoms with van der Waals surface area (Å²) < 4.78 is 10.4. The lowest BCUT2D eigenvalue weighted by atomic mass is 10.2. The highest BCUT2D eigenvalue weighted by atomic mass is 16.5. The number of ether oxygens (including phenoxy) is 2. The van der Waals surface area contributed by atoms with E-state index in [4.69, 9.17) is 15.2 Å². The third-order valence-corrected chi connectivity index (χ3v) is 2.43. The number of methoxy groups -OCH3 is 2. The Kier molecular flexibility index (Phi) is 3.52. The monoisotopic (exact) mass is 245 g/mol. The van der Waals surface area contributed by atoms with Crippen LogP contribution in [-0.2, 0) is 0 Å². The van der Waals surface area contributed by atoms with Crippen molar-refractivity contribution in [3.05, 3.63) is 36.7 Å². The van der Waals surface area contributed by atoms with Crippen LogP contribution in [0.25, 0.3) is 0 Å². The van der Waals surface area contributed by atoms with Crippen LogP contribution in [-0.4, -0.2) is 19.2 Å². The minimum Gasteiger partial charge on any atom is -0.493 e. The van der Waals surface area contributed by atoms with Gasteiger partial charge in [-0.05, 0) is 18.2 Å². The fraction of sp³-hybridized carbons (Fsp3) is 0.154. The molecular formula is C13H15N3O2. The third-order valence-electron chi connectivity index (χ3n) is 2.43. The number of pyridine rings is 1. The van der Waals surface area contributed by atoms with Gasteiger partial charge in [-0.15, -0.1) is 0 Å². The van der Waals surface area contributed by atoms with Crippen LogP contribution >= 0.6 is 0 Å². The maximum Gasteiger partial charge on any atom is 0.162 e. The Balaban J connectivity index is 2.24. The summed E-state index contributed by atoms with van der Waals surface area (Å²) >= 11 is 0. The lowest BCUT2D eigenvalue weighted by Gasteiger charge is -2.11. The first-order valence-electron chi connectivity index (χ1n) is 5.42. The smallest absolute Gasteiger partial charge is 0.162 e. The van der Waals surface area contributed by atoms with Gasteiger partial charge in [0, 0.05) is 18.0 Å². The van der Waals surface area contributed by atoms with Crippen molar-refractivity contribution in [1.29, 1.82) is 0 Å². The molecule has 5 heteroatoms. The molecule has 18 heavy (non-hydrogen) atoms. The summed E-state index contributed by atoms with van der Waals surface area (Å²) in [4.78, 5) is 4.01. The summed E-state index contributed by atoms with van der Waals surface area (Å²) in [7, 11) is 3.20. The minimum absolute atomic E-state index is 0.612. The van der Waals surface area contributed by atoms with Crippen molar-refractivity contribution in [1.82, 2.24) is 4.98 Å². The van der Waals surface area contributed by atoms with E-state index in [1.807, 2.05) is 24.3 Å². The van der Waals surface area contributed by atoms with Crippen LogP contribution in [0, 0.1) is 0 Å². The van der Waals surface area contributed by atoms with Crippen molar-refractivity contribution in [2.45, 2.75) is 0 Å². The standard InChI is InChI=1S/C13H15N3O2/c1-17-12-4-3-10(6-13(12)18-2)16-11-5-9(14)7-15-8-11/h3-8,16H,14H2,1-2H3. The molecule has 0 fully saturated rings. The van der Waals surface area contributed by atoms with Crippen LogP contribution in [0.5, 0.6) is 11.5 Å². The Morgan fingerprint density at radius 2 is 1.78 bits per heavy atom. The van der Waals surface area contributed by atoms with Gasteiger partial charge in [-0.2, -0.15) is 0 Å².